The molecule has 0 saturated carbocycles. The first-order valence-corrected chi connectivity index (χ1v) is 4.91. The minimum atomic E-state index is -0.302. The lowest BCUT2D eigenvalue weighted by Crippen LogP contribution is -2.25. The molecule has 0 bridgehead atoms. The highest BCUT2D eigenvalue weighted by Gasteiger charge is 1.96. The second kappa shape index (κ2) is 14.8. The standard InChI is InChI=1S/C8H17NO2.C2N2/c1-3-5-6-7-9-8(10)11-4-2;3-1-2-4/h3-7H2,1-2H3,(H,9,10);. The summed E-state index contributed by atoms with van der Waals surface area (Å²) in [4.78, 5) is 10.7. The second-order valence-electron chi connectivity index (χ2n) is 2.58. The number of ether oxygens (including phenoxy) is 1. The molecular formula is C10H17N3O2. The maximum atomic E-state index is 10.7. The van der Waals surface area contributed by atoms with Crippen molar-refractivity contribution >= 4 is 6.09 Å². The van der Waals surface area contributed by atoms with Crippen LogP contribution in [0.2, 0.25) is 0 Å². The van der Waals surface area contributed by atoms with E-state index in [9.17, 15) is 4.79 Å². The van der Waals surface area contributed by atoms with Crippen LogP contribution in [0.15, 0.2) is 0 Å². The van der Waals surface area contributed by atoms with Crippen LogP contribution in [0.25, 0.3) is 0 Å². The fourth-order valence-electron chi connectivity index (χ4n) is 0.748. The number of nitrogens with one attached hydrogen (secondary N) is 1. The molecule has 84 valence electrons. The summed E-state index contributed by atoms with van der Waals surface area (Å²) in [6.07, 6.45) is 3.07. The third kappa shape index (κ3) is 18.9. The SMILES string of the molecule is CCCCCNC(=O)OCC.N#CC#N. The number of hydrogen-bond donors (Lipinski definition) is 1. The van der Waals surface area contributed by atoms with E-state index < -0.39 is 0 Å². The van der Waals surface area contributed by atoms with E-state index in [1.54, 1.807) is 6.92 Å². The second-order valence-corrected chi connectivity index (χ2v) is 2.58. The average Bonchev–Trinajstić information content (AvgIpc) is 2.25. The predicted molar refractivity (Wildman–Crippen MR) is 55.8 cm³/mol. The molecule has 0 unspecified atom stereocenters. The molecule has 0 aliphatic heterocycles. The Hall–Kier alpha value is -1.75. The van der Waals surface area contributed by atoms with Crippen molar-refractivity contribution in [2.75, 3.05) is 13.2 Å². The Kier molecular flexibility index (Phi) is 15.5. The van der Waals surface area contributed by atoms with E-state index in [1.165, 1.54) is 18.6 Å². The van der Waals surface area contributed by atoms with Gasteiger partial charge in [-0.1, -0.05) is 19.8 Å². The molecule has 1 N–H and O–H groups in total. The molecule has 0 spiro atoms. The van der Waals surface area contributed by atoms with Gasteiger partial charge in [-0.2, -0.15) is 10.5 Å². The van der Waals surface area contributed by atoms with Gasteiger partial charge in [0.15, 0.2) is 12.1 Å². The third-order valence-corrected chi connectivity index (χ3v) is 1.38. The van der Waals surface area contributed by atoms with Crippen molar-refractivity contribution in [3.63, 3.8) is 0 Å². The van der Waals surface area contributed by atoms with E-state index in [1.807, 2.05) is 0 Å². The Balaban J connectivity index is 0. The van der Waals surface area contributed by atoms with Crippen LogP contribution in [-0.4, -0.2) is 19.2 Å². The summed E-state index contributed by atoms with van der Waals surface area (Å²) in [7, 11) is 0. The first-order valence-electron chi connectivity index (χ1n) is 4.91. The summed E-state index contributed by atoms with van der Waals surface area (Å²) in [5.74, 6) is 0. The van der Waals surface area contributed by atoms with E-state index in [2.05, 4.69) is 17.0 Å². The monoisotopic (exact) mass is 211 g/mol. The number of rotatable bonds is 5. The number of carbonyl (C=O) groups excluding carboxylic acids is 1. The van der Waals surface area contributed by atoms with Crippen LogP contribution < -0.4 is 5.32 Å². The van der Waals surface area contributed by atoms with Gasteiger partial charge in [-0.15, -0.1) is 0 Å². The lowest BCUT2D eigenvalue weighted by atomic mass is 10.2. The summed E-state index contributed by atoms with van der Waals surface area (Å²) in [6.45, 7) is 5.10. The maximum absolute atomic E-state index is 10.7. The summed E-state index contributed by atoms with van der Waals surface area (Å²) in [5.41, 5.74) is 0. The molecule has 0 rings (SSSR count). The Labute approximate surface area is 90.6 Å². The summed E-state index contributed by atoms with van der Waals surface area (Å²) < 4.78 is 4.67. The number of alkyl carbamates (subject to hydrolysis) is 1. The zero-order chi connectivity index (χ0) is 11.9. The smallest absolute Gasteiger partial charge is 0.407 e. The molecule has 0 aliphatic rings. The van der Waals surface area contributed by atoms with Gasteiger partial charge >= 0.3 is 6.09 Å². The first kappa shape index (κ1) is 15.7. The summed E-state index contributed by atoms with van der Waals surface area (Å²) >= 11 is 0. The van der Waals surface area contributed by atoms with Crippen molar-refractivity contribution in [2.24, 2.45) is 0 Å². The maximum Gasteiger partial charge on any atom is 0.407 e. The highest BCUT2D eigenvalue weighted by molar-refractivity contribution is 5.66. The van der Waals surface area contributed by atoms with Gasteiger partial charge in [-0.3, -0.25) is 0 Å². The molecule has 0 aromatic rings. The minimum Gasteiger partial charge on any atom is -0.450 e. The van der Waals surface area contributed by atoms with Crippen molar-refractivity contribution in [2.45, 2.75) is 33.1 Å². The van der Waals surface area contributed by atoms with Gasteiger partial charge in [0.25, 0.3) is 0 Å². The Morgan fingerprint density at radius 1 is 1.27 bits per heavy atom. The van der Waals surface area contributed by atoms with E-state index in [4.69, 9.17) is 10.5 Å². The number of nitrogens with zero attached hydrogens (tertiary/aromatic N) is 2. The molecule has 1 amide bonds. The Bertz CT molecular complexity index is 216. The van der Waals surface area contributed by atoms with Crippen molar-refractivity contribution in [3.8, 4) is 12.1 Å². The third-order valence-electron chi connectivity index (χ3n) is 1.38. The van der Waals surface area contributed by atoms with Crippen LogP contribution in [0.1, 0.15) is 33.1 Å². The molecule has 5 heteroatoms. The topological polar surface area (TPSA) is 85.9 Å². The Morgan fingerprint density at radius 2 is 1.87 bits per heavy atom. The average molecular weight is 211 g/mol. The van der Waals surface area contributed by atoms with E-state index in [0.29, 0.717) is 6.61 Å². The summed E-state index contributed by atoms with van der Waals surface area (Å²) in [6, 6.07) is 2.47. The van der Waals surface area contributed by atoms with E-state index in [0.717, 1.165) is 19.4 Å². The summed E-state index contributed by atoms with van der Waals surface area (Å²) in [5, 5.41) is 17.2. The lowest BCUT2D eigenvalue weighted by Gasteiger charge is -2.03. The van der Waals surface area contributed by atoms with E-state index >= 15 is 0 Å². The normalized spacial score (nSPS) is 7.47. The number of amides is 1. The van der Waals surface area contributed by atoms with E-state index in [-0.39, 0.29) is 6.09 Å². The fourth-order valence-corrected chi connectivity index (χ4v) is 0.748. The van der Waals surface area contributed by atoms with Crippen LogP contribution in [0, 0.1) is 22.7 Å². The quantitative estimate of drug-likeness (QED) is 0.704. The van der Waals surface area contributed by atoms with Gasteiger partial charge in [0.1, 0.15) is 0 Å². The highest BCUT2D eigenvalue weighted by atomic mass is 16.5. The molecule has 5 nitrogen and oxygen atoms in total. The van der Waals surface area contributed by atoms with Crippen molar-refractivity contribution in [3.05, 3.63) is 0 Å². The molecule has 0 saturated heterocycles. The largest absolute Gasteiger partial charge is 0.450 e. The van der Waals surface area contributed by atoms with Crippen LogP contribution in [-0.2, 0) is 4.74 Å². The molecule has 0 radical (unpaired) electrons. The molecule has 0 atom stereocenters. The molecule has 0 aromatic heterocycles. The van der Waals surface area contributed by atoms with Crippen molar-refractivity contribution in [1.29, 1.82) is 10.5 Å². The van der Waals surface area contributed by atoms with Crippen LogP contribution in [0.5, 0.6) is 0 Å². The van der Waals surface area contributed by atoms with Gasteiger partial charge < -0.3 is 10.1 Å². The van der Waals surface area contributed by atoms with Gasteiger partial charge in [-0.25, -0.2) is 4.79 Å². The first-order chi connectivity index (χ1) is 7.22. The van der Waals surface area contributed by atoms with Gasteiger partial charge in [-0.05, 0) is 13.3 Å². The van der Waals surface area contributed by atoms with Crippen molar-refractivity contribution < 1.29 is 9.53 Å². The van der Waals surface area contributed by atoms with Crippen LogP contribution in [0.3, 0.4) is 0 Å². The lowest BCUT2D eigenvalue weighted by molar-refractivity contribution is 0.152. The molecular weight excluding hydrogens is 194 g/mol. The predicted octanol–water partition coefficient (Wildman–Crippen LogP) is 1.96. The fraction of sp³-hybridized carbons (Fsp3) is 0.700. The molecule has 0 aliphatic carbocycles. The number of nitriles is 2. The molecule has 0 fully saturated rings. The van der Waals surface area contributed by atoms with Gasteiger partial charge in [0, 0.05) is 6.54 Å². The number of unbranched alkanes of at least 4 members (excludes halogenated alkanes) is 2. The molecule has 0 heterocycles. The number of carbonyl (C=O) groups is 1. The van der Waals surface area contributed by atoms with Gasteiger partial charge in [0.2, 0.25) is 0 Å². The zero-order valence-corrected chi connectivity index (χ0v) is 9.25. The van der Waals surface area contributed by atoms with Crippen LogP contribution >= 0.6 is 0 Å². The number of hydrogen-bond acceptors (Lipinski definition) is 4. The minimum absolute atomic E-state index is 0.302. The zero-order valence-electron chi connectivity index (χ0n) is 9.25. The molecule has 15 heavy (non-hydrogen) atoms. The van der Waals surface area contributed by atoms with Crippen molar-refractivity contribution in [1.82, 2.24) is 5.32 Å². The molecule has 0 aromatic carbocycles. The Morgan fingerprint density at radius 3 is 2.27 bits per heavy atom. The highest BCUT2D eigenvalue weighted by Crippen LogP contribution is 1.91. The van der Waals surface area contributed by atoms with Gasteiger partial charge in [0.05, 0.1) is 6.61 Å². The van der Waals surface area contributed by atoms with Crippen LogP contribution in [0.4, 0.5) is 4.79 Å².